The number of aromatic nitrogens is 1. The lowest BCUT2D eigenvalue weighted by atomic mass is 10.1. The molecule has 1 aromatic rings. The van der Waals surface area contributed by atoms with Gasteiger partial charge in [0.05, 0.1) is 0 Å². The van der Waals surface area contributed by atoms with E-state index in [4.69, 9.17) is 0 Å². The van der Waals surface area contributed by atoms with E-state index in [-0.39, 0.29) is 0 Å². The Balaban J connectivity index is 0. The average Bonchev–Trinajstić information content (AvgIpc) is 2.25. The largest absolute Gasteiger partial charge is 0.218 e. The third-order valence-corrected chi connectivity index (χ3v) is 1.41. The molecule has 0 saturated carbocycles. The molecule has 0 amide bonds. The Hall–Kier alpha value is -0.850. The van der Waals surface area contributed by atoms with Crippen molar-refractivity contribution in [2.24, 2.45) is 0 Å². The van der Waals surface area contributed by atoms with E-state index in [0.717, 1.165) is 0 Å². The van der Waals surface area contributed by atoms with Gasteiger partial charge in [-0.2, -0.15) is 0 Å². The Kier molecular flexibility index (Phi) is 12.6. The minimum Gasteiger partial charge on any atom is -0.218 e. The number of hydrogen-bond donors (Lipinski definition) is 0. The van der Waals surface area contributed by atoms with E-state index in [1.807, 2.05) is 40.1 Å². The second kappa shape index (κ2) is 11.2. The summed E-state index contributed by atoms with van der Waals surface area (Å²) in [5.74, 6) is 0.639. The van der Waals surface area contributed by atoms with Gasteiger partial charge in [-0.1, -0.05) is 41.5 Å². The Labute approximate surface area is 83.2 Å². The first-order valence-electron chi connectivity index (χ1n) is 5.26. The SMILES string of the molecule is CC.CC.CC(C)c1cc[nH+]cc1. The molecule has 76 valence electrons. The zero-order valence-corrected chi connectivity index (χ0v) is 9.89. The first-order valence-corrected chi connectivity index (χ1v) is 5.26. The first-order chi connectivity index (χ1) is 6.30. The van der Waals surface area contributed by atoms with Crippen LogP contribution in [0.2, 0.25) is 0 Å². The highest BCUT2D eigenvalue weighted by atomic mass is 14.6. The lowest BCUT2D eigenvalue weighted by Gasteiger charge is -1.99. The van der Waals surface area contributed by atoms with Gasteiger partial charge in [0.15, 0.2) is 12.4 Å². The zero-order valence-electron chi connectivity index (χ0n) is 9.89. The van der Waals surface area contributed by atoms with E-state index in [2.05, 4.69) is 31.0 Å². The highest BCUT2D eigenvalue weighted by Crippen LogP contribution is 2.09. The maximum atomic E-state index is 2.99. The highest BCUT2D eigenvalue weighted by molar-refractivity contribution is 5.11. The van der Waals surface area contributed by atoms with E-state index in [1.165, 1.54) is 5.56 Å². The van der Waals surface area contributed by atoms with Crippen LogP contribution in [0.25, 0.3) is 0 Å². The van der Waals surface area contributed by atoms with Crippen LogP contribution >= 0.6 is 0 Å². The lowest BCUT2D eigenvalue weighted by molar-refractivity contribution is -0.378. The summed E-state index contributed by atoms with van der Waals surface area (Å²) in [7, 11) is 0. The molecule has 0 radical (unpaired) electrons. The van der Waals surface area contributed by atoms with Crippen LogP contribution in [0, 0.1) is 0 Å². The van der Waals surface area contributed by atoms with Gasteiger partial charge in [0.25, 0.3) is 0 Å². The summed E-state index contributed by atoms with van der Waals surface area (Å²) in [6, 6.07) is 4.20. The summed E-state index contributed by atoms with van der Waals surface area (Å²) in [4.78, 5) is 2.99. The minimum absolute atomic E-state index is 0.639. The van der Waals surface area contributed by atoms with Gasteiger partial charge in [0.1, 0.15) is 0 Å². The molecule has 1 aromatic heterocycles. The summed E-state index contributed by atoms with van der Waals surface area (Å²) >= 11 is 0. The van der Waals surface area contributed by atoms with E-state index < -0.39 is 0 Å². The Bertz CT molecular complexity index is 168. The van der Waals surface area contributed by atoms with Gasteiger partial charge in [-0.3, -0.25) is 0 Å². The van der Waals surface area contributed by atoms with Crippen molar-refractivity contribution in [3.05, 3.63) is 30.1 Å². The molecular weight excluding hydrogens is 158 g/mol. The van der Waals surface area contributed by atoms with Gasteiger partial charge in [0.2, 0.25) is 0 Å². The molecule has 0 aromatic carbocycles. The van der Waals surface area contributed by atoms with Gasteiger partial charge >= 0.3 is 0 Å². The number of H-pyrrole nitrogens is 1. The van der Waals surface area contributed by atoms with Crippen LogP contribution in [0.3, 0.4) is 0 Å². The number of pyridine rings is 1. The van der Waals surface area contributed by atoms with Crippen molar-refractivity contribution in [1.82, 2.24) is 0 Å². The van der Waals surface area contributed by atoms with E-state index in [1.54, 1.807) is 0 Å². The Morgan fingerprint density at radius 2 is 1.31 bits per heavy atom. The molecular formula is C12H24N+. The molecule has 1 heteroatoms. The fraction of sp³-hybridized carbons (Fsp3) is 0.583. The van der Waals surface area contributed by atoms with Crippen LogP contribution in [-0.4, -0.2) is 0 Å². The van der Waals surface area contributed by atoms with E-state index in [9.17, 15) is 0 Å². The summed E-state index contributed by atoms with van der Waals surface area (Å²) in [5.41, 5.74) is 1.38. The molecule has 1 N–H and O–H groups in total. The third-order valence-electron chi connectivity index (χ3n) is 1.41. The molecule has 0 fully saturated rings. The van der Waals surface area contributed by atoms with Crippen LogP contribution in [-0.2, 0) is 0 Å². The van der Waals surface area contributed by atoms with E-state index >= 15 is 0 Å². The molecule has 0 aliphatic rings. The van der Waals surface area contributed by atoms with Crippen LogP contribution in [0.4, 0.5) is 0 Å². The monoisotopic (exact) mass is 182 g/mol. The summed E-state index contributed by atoms with van der Waals surface area (Å²) < 4.78 is 0. The van der Waals surface area contributed by atoms with Crippen molar-refractivity contribution < 1.29 is 4.98 Å². The van der Waals surface area contributed by atoms with Crippen LogP contribution < -0.4 is 4.98 Å². The van der Waals surface area contributed by atoms with Crippen molar-refractivity contribution in [3.8, 4) is 0 Å². The molecule has 0 saturated heterocycles. The third kappa shape index (κ3) is 7.51. The molecule has 13 heavy (non-hydrogen) atoms. The Morgan fingerprint density at radius 3 is 1.54 bits per heavy atom. The molecule has 0 aliphatic carbocycles. The maximum absolute atomic E-state index is 2.99. The average molecular weight is 182 g/mol. The summed E-state index contributed by atoms with van der Waals surface area (Å²) in [6.07, 6.45) is 3.91. The van der Waals surface area contributed by atoms with Crippen molar-refractivity contribution in [1.29, 1.82) is 0 Å². The van der Waals surface area contributed by atoms with Crippen LogP contribution in [0.15, 0.2) is 24.5 Å². The molecule has 0 aliphatic heterocycles. The Morgan fingerprint density at radius 1 is 0.923 bits per heavy atom. The lowest BCUT2D eigenvalue weighted by Crippen LogP contribution is -1.99. The van der Waals surface area contributed by atoms with Crippen molar-refractivity contribution in [2.45, 2.75) is 47.5 Å². The smallest absolute Gasteiger partial charge is 0.167 e. The first kappa shape index (κ1) is 14.7. The second-order valence-corrected chi connectivity index (χ2v) is 2.49. The molecule has 1 nitrogen and oxygen atoms in total. The number of rotatable bonds is 1. The summed E-state index contributed by atoms with van der Waals surface area (Å²) in [5, 5.41) is 0. The highest BCUT2D eigenvalue weighted by Gasteiger charge is 1.96. The fourth-order valence-corrected chi connectivity index (χ4v) is 0.785. The molecule has 1 heterocycles. The van der Waals surface area contributed by atoms with Crippen molar-refractivity contribution in [3.63, 3.8) is 0 Å². The predicted molar refractivity (Wildman–Crippen MR) is 59.8 cm³/mol. The quantitative estimate of drug-likeness (QED) is 0.629. The second-order valence-electron chi connectivity index (χ2n) is 2.49. The van der Waals surface area contributed by atoms with Gasteiger partial charge in [0, 0.05) is 12.1 Å². The summed E-state index contributed by atoms with van der Waals surface area (Å²) in [6.45, 7) is 12.4. The molecule has 1 rings (SSSR count). The maximum Gasteiger partial charge on any atom is 0.167 e. The predicted octanol–water partition coefficient (Wildman–Crippen LogP) is 3.68. The molecule has 0 atom stereocenters. The number of aromatic amines is 1. The van der Waals surface area contributed by atoms with Gasteiger partial charge in [-0.05, 0) is 11.5 Å². The number of nitrogens with one attached hydrogen (secondary N) is 1. The number of hydrogen-bond acceptors (Lipinski definition) is 0. The zero-order chi connectivity index (χ0) is 10.7. The normalized spacial score (nSPS) is 7.92. The topological polar surface area (TPSA) is 14.1 Å². The fourth-order valence-electron chi connectivity index (χ4n) is 0.785. The van der Waals surface area contributed by atoms with Gasteiger partial charge in [-0.15, -0.1) is 0 Å². The van der Waals surface area contributed by atoms with Crippen molar-refractivity contribution >= 4 is 0 Å². The van der Waals surface area contributed by atoms with Gasteiger partial charge < -0.3 is 0 Å². The van der Waals surface area contributed by atoms with E-state index in [0.29, 0.717) is 5.92 Å². The molecule has 0 bridgehead atoms. The standard InChI is InChI=1S/C8H11N.2C2H6/c1-7(2)8-3-5-9-6-4-8;2*1-2/h3-7H,1-2H3;2*1-2H3/p+1. The molecule has 0 unspecified atom stereocenters. The minimum atomic E-state index is 0.639. The van der Waals surface area contributed by atoms with Crippen LogP contribution in [0.5, 0.6) is 0 Å². The molecule has 0 spiro atoms. The van der Waals surface area contributed by atoms with Gasteiger partial charge in [-0.25, -0.2) is 4.98 Å². The van der Waals surface area contributed by atoms with Crippen molar-refractivity contribution in [2.75, 3.05) is 0 Å². The van der Waals surface area contributed by atoms with Crippen LogP contribution in [0.1, 0.15) is 53.0 Å².